The normalized spacial score (nSPS) is 11.8. The van der Waals surface area contributed by atoms with E-state index in [2.05, 4.69) is 10.6 Å². The molecule has 0 saturated heterocycles. The van der Waals surface area contributed by atoms with Gasteiger partial charge in [0, 0.05) is 12.6 Å². The molecular weight excluding hydrogens is 291 g/mol. The third-order valence-electron chi connectivity index (χ3n) is 2.86. The minimum atomic E-state index is -1.03. The Morgan fingerprint density at radius 3 is 2.77 bits per heavy atom. The number of furan rings is 1. The van der Waals surface area contributed by atoms with Crippen LogP contribution >= 0.6 is 0 Å². The quantitative estimate of drug-likeness (QED) is 0.786. The molecule has 3 N–H and O–H groups in total. The van der Waals surface area contributed by atoms with Crippen LogP contribution in [0.25, 0.3) is 0 Å². The first-order chi connectivity index (χ1) is 10.5. The Hall–Kier alpha value is -2.67. The van der Waals surface area contributed by atoms with Crippen molar-refractivity contribution in [2.45, 2.75) is 13.0 Å². The molecule has 1 aromatic carbocycles. The molecule has 0 aliphatic heterocycles. The lowest BCUT2D eigenvalue weighted by molar-refractivity contribution is -0.114. The zero-order valence-corrected chi connectivity index (χ0v) is 11.8. The van der Waals surface area contributed by atoms with E-state index in [-0.39, 0.29) is 18.0 Å². The van der Waals surface area contributed by atoms with Gasteiger partial charge >= 0.3 is 0 Å². The maximum absolute atomic E-state index is 13.7. The van der Waals surface area contributed by atoms with Crippen molar-refractivity contribution in [3.8, 4) is 0 Å². The summed E-state index contributed by atoms with van der Waals surface area (Å²) in [4.78, 5) is 22.9. The van der Waals surface area contributed by atoms with E-state index in [1.807, 2.05) is 0 Å². The van der Waals surface area contributed by atoms with E-state index in [4.69, 9.17) is 4.42 Å². The summed E-state index contributed by atoms with van der Waals surface area (Å²) in [5, 5.41) is 14.7. The van der Waals surface area contributed by atoms with Gasteiger partial charge in [-0.25, -0.2) is 4.39 Å². The summed E-state index contributed by atoms with van der Waals surface area (Å²) in [7, 11) is 0. The molecule has 1 aromatic heterocycles. The van der Waals surface area contributed by atoms with Gasteiger partial charge in [0.15, 0.2) is 0 Å². The van der Waals surface area contributed by atoms with Crippen LogP contribution in [-0.4, -0.2) is 23.5 Å². The van der Waals surface area contributed by atoms with Gasteiger partial charge in [0.25, 0.3) is 5.91 Å². The van der Waals surface area contributed by atoms with Crippen molar-refractivity contribution in [3.05, 3.63) is 53.7 Å². The van der Waals surface area contributed by atoms with E-state index in [1.165, 1.54) is 25.3 Å². The van der Waals surface area contributed by atoms with E-state index < -0.39 is 17.8 Å². The number of amides is 2. The number of carbonyl (C=O) groups excluding carboxylic acids is 2. The molecule has 0 aliphatic rings. The lowest BCUT2D eigenvalue weighted by Crippen LogP contribution is -2.29. The molecule has 6 nitrogen and oxygen atoms in total. The van der Waals surface area contributed by atoms with Gasteiger partial charge in [0.1, 0.15) is 17.7 Å². The minimum Gasteiger partial charge on any atom is -0.467 e. The fraction of sp³-hybridized carbons (Fsp3) is 0.200. The number of aliphatic hydroxyl groups excluding tert-OH is 1. The number of benzene rings is 1. The van der Waals surface area contributed by atoms with Crippen LogP contribution in [0.1, 0.15) is 29.1 Å². The number of rotatable bonds is 5. The van der Waals surface area contributed by atoms with Crippen LogP contribution in [0, 0.1) is 5.82 Å². The predicted molar refractivity (Wildman–Crippen MR) is 76.7 cm³/mol. The maximum Gasteiger partial charge on any atom is 0.254 e. The van der Waals surface area contributed by atoms with Crippen molar-refractivity contribution in [2.75, 3.05) is 11.9 Å². The summed E-state index contributed by atoms with van der Waals surface area (Å²) in [6.07, 6.45) is 0.372. The van der Waals surface area contributed by atoms with E-state index in [0.29, 0.717) is 11.4 Å². The van der Waals surface area contributed by atoms with Crippen molar-refractivity contribution in [3.63, 3.8) is 0 Å². The molecule has 1 heterocycles. The van der Waals surface area contributed by atoms with Crippen LogP contribution in [0.2, 0.25) is 0 Å². The number of hydrogen-bond donors (Lipinski definition) is 3. The smallest absolute Gasteiger partial charge is 0.254 e. The van der Waals surface area contributed by atoms with Gasteiger partial charge in [-0.3, -0.25) is 9.59 Å². The fourth-order valence-electron chi connectivity index (χ4n) is 1.85. The van der Waals surface area contributed by atoms with Gasteiger partial charge in [0.05, 0.1) is 18.4 Å². The number of nitrogens with one attached hydrogen (secondary N) is 2. The molecule has 0 aliphatic carbocycles. The second-order valence-corrected chi connectivity index (χ2v) is 4.62. The minimum absolute atomic E-state index is 0.129. The third-order valence-corrected chi connectivity index (χ3v) is 2.86. The summed E-state index contributed by atoms with van der Waals surface area (Å²) >= 11 is 0. The topological polar surface area (TPSA) is 91.6 Å². The Kier molecular flexibility index (Phi) is 4.90. The molecule has 2 aromatic rings. The monoisotopic (exact) mass is 306 g/mol. The Bertz CT molecular complexity index is 670. The van der Waals surface area contributed by atoms with Crippen molar-refractivity contribution in [1.82, 2.24) is 5.32 Å². The summed E-state index contributed by atoms with van der Waals surface area (Å²) < 4.78 is 18.7. The Morgan fingerprint density at radius 1 is 1.36 bits per heavy atom. The van der Waals surface area contributed by atoms with Crippen LogP contribution < -0.4 is 10.6 Å². The molecule has 0 fully saturated rings. The molecule has 2 amide bonds. The van der Waals surface area contributed by atoms with Gasteiger partial charge < -0.3 is 20.2 Å². The number of anilines is 1. The number of hydrogen-bond acceptors (Lipinski definition) is 4. The summed E-state index contributed by atoms with van der Waals surface area (Å²) in [5.74, 6) is -1.45. The highest BCUT2D eigenvalue weighted by Crippen LogP contribution is 2.16. The first-order valence-electron chi connectivity index (χ1n) is 6.54. The zero-order valence-electron chi connectivity index (χ0n) is 11.8. The summed E-state index contributed by atoms with van der Waals surface area (Å²) in [6.45, 7) is 1.18. The molecule has 1 atom stereocenters. The lowest BCUT2D eigenvalue weighted by atomic mass is 10.1. The van der Waals surface area contributed by atoms with E-state index in [0.717, 1.165) is 6.07 Å². The zero-order chi connectivity index (χ0) is 16.1. The summed E-state index contributed by atoms with van der Waals surface area (Å²) in [5.41, 5.74) is 0.0866. The van der Waals surface area contributed by atoms with Crippen molar-refractivity contribution in [1.29, 1.82) is 0 Å². The number of aliphatic hydroxyl groups is 1. The second kappa shape index (κ2) is 6.86. The van der Waals surface area contributed by atoms with Crippen LogP contribution in [0.15, 0.2) is 41.0 Å². The van der Waals surface area contributed by atoms with Gasteiger partial charge in [-0.05, 0) is 30.3 Å². The molecule has 7 heteroatoms. The van der Waals surface area contributed by atoms with Crippen molar-refractivity contribution >= 4 is 17.5 Å². The molecule has 1 unspecified atom stereocenters. The Balaban J connectivity index is 2.04. The first kappa shape index (κ1) is 15.7. The average Bonchev–Trinajstić information content (AvgIpc) is 3.00. The van der Waals surface area contributed by atoms with Crippen LogP contribution in [0.4, 0.5) is 10.1 Å². The molecule has 0 saturated carbocycles. The molecule has 2 rings (SSSR count). The van der Waals surface area contributed by atoms with Gasteiger partial charge in [-0.2, -0.15) is 0 Å². The Labute approximate surface area is 125 Å². The van der Waals surface area contributed by atoms with E-state index in [1.54, 1.807) is 12.1 Å². The fourth-order valence-corrected chi connectivity index (χ4v) is 1.85. The Morgan fingerprint density at radius 2 is 2.14 bits per heavy atom. The highest BCUT2D eigenvalue weighted by molar-refractivity contribution is 5.97. The van der Waals surface area contributed by atoms with E-state index >= 15 is 0 Å². The molecule has 22 heavy (non-hydrogen) atoms. The molecule has 0 spiro atoms. The first-order valence-corrected chi connectivity index (χ1v) is 6.54. The van der Waals surface area contributed by atoms with Gasteiger partial charge in [-0.15, -0.1) is 0 Å². The van der Waals surface area contributed by atoms with Crippen molar-refractivity contribution in [2.24, 2.45) is 0 Å². The van der Waals surface area contributed by atoms with Crippen LogP contribution in [0.5, 0.6) is 0 Å². The largest absolute Gasteiger partial charge is 0.467 e. The van der Waals surface area contributed by atoms with Crippen LogP contribution in [-0.2, 0) is 4.79 Å². The number of halogens is 1. The highest BCUT2D eigenvalue weighted by atomic mass is 19.1. The SMILES string of the molecule is CC(=O)Nc1ccc(F)c(C(=O)NCC(O)c2ccco2)c1. The molecule has 116 valence electrons. The van der Waals surface area contributed by atoms with Crippen molar-refractivity contribution < 1.29 is 23.5 Å². The maximum atomic E-state index is 13.7. The van der Waals surface area contributed by atoms with E-state index in [9.17, 15) is 19.1 Å². The molecule has 0 radical (unpaired) electrons. The third kappa shape index (κ3) is 3.92. The molecule has 0 bridgehead atoms. The second-order valence-electron chi connectivity index (χ2n) is 4.62. The van der Waals surface area contributed by atoms with Crippen LogP contribution in [0.3, 0.4) is 0 Å². The van der Waals surface area contributed by atoms with Gasteiger partial charge in [0.2, 0.25) is 5.91 Å². The number of carbonyl (C=O) groups is 2. The summed E-state index contributed by atoms with van der Waals surface area (Å²) in [6, 6.07) is 6.84. The highest BCUT2D eigenvalue weighted by Gasteiger charge is 2.16. The molecular formula is C15H15FN2O4. The lowest BCUT2D eigenvalue weighted by Gasteiger charge is -2.11. The van der Waals surface area contributed by atoms with Gasteiger partial charge in [-0.1, -0.05) is 0 Å². The standard InChI is InChI=1S/C15H15FN2O4/c1-9(19)18-10-4-5-12(16)11(7-10)15(21)17-8-13(20)14-3-2-6-22-14/h2-7,13,20H,8H2,1H3,(H,17,21)(H,18,19). The predicted octanol–water partition coefficient (Wildman–Crippen LogP) is 1.84. The average molecular weight is 306 g/mol.